The lowest BCUT2D eigenvalue weighted by Crippen LogP contribution is -2.44. The van der Waals surface area contributed by atoms with Crippen molar-refractivity contribution in [1.29, 1.82) is 0 Å². The highest BCUT2D eigenvalue weighted by atomic mass is 32.2. The zero-order chi connectivity index (χ0) is 19.1. The number of pyridine rings is 2. The van der Waals surface area contributed by atoms with Gasteiger partial charge in [-0.05, 0) is 54.8 Å². The van der Waals surface area contributed by atoms with E-state index in [9.17, 15) is 4.79 Å². The molecule has 0 aromatic carbocycles. The predicted molar refractivity (Wildman–Crippen MR) is 108 cm³/mol. The third kappa shape index (κ3) is 2.86. The number of aromatic nitrogens is 2. The molecule has 5 heterocycles. The van der Waals surface area contributed by atoms with Crippen molar-refractivity contribution < 1.29 is 9.53 Å². The van der Waals surface area contributed by atoms with Crippen molar-refractivity contribution in [1.82, 2.24) is 14.9 Å². The van der Waals surface area contributed by atoms with Gasteiger partial charge in [0.1, 0.15) is 0 Å². The molecule has 1 spiro atoms. The second-order valence-electron chi connectivity index (χ2n) is 7.27. The van der Waals surface area contributed by atoms with E-state index in [1.165, 1.54) is 17.3 Å². The number of amidine groups is 1. The van der Waals surface area contributed by atoms with Crippen LogP contribution in [-0.4, -0.2) is 39.0 Å². The number of allylic oxidation sites excluding steroid dienone is 1. The van der Waals surface area contributed by atoms with Crippen LogP contribution in [0.25, 0.3) is 5.57 Å². The maximum Gasteiger partial charge on any atom is 0.286 e. The van der Waals surface area contributed by atoms with Gasteiger partial charge in [0, 0.05) is 37.2 Å². The van der Waals surface area contributed by atoms with E-state index in [0.29, 0.717) is 11.5 Å². The number of nitrogens with zero attached hydrogens (tertiary/aromatic N) is 4. The molecule has 0 N–H and O–H groups in total. The fourth-order valence-corrected chi connectivity index (χ4v) is 5.13. The average Bonchev–Trinajstić information content (AvgIpc) is 3.30. The number of piperidine rings is 1. The number of carbonyl (C=O) groups excluding carboxylic acids is 1. The number of hydrogen-bond donors (Lipinski definition) is 0. The summed E-state index contributed by atoms with van der Waals surface area (Å²) in [4.78, 5) is 28.3. The van der Waals surface area contributed by atoms with Crippen LogP contribution in [0.1, 0.15) is 36.6 Å². The zero-order valence-corrected chi connectivity index (χ0v) is 16.4. The van der Waals surface area contributed by atoms with Gasteiger partial charge in [0.25, 0.3) is 5.91 Å². The highest BCUT2D eigenvalue weighted by molar-refractivity contribution is 8.18. The van der Waals surface area contributed by atoms with E-state index in [1.807, 2.05) is 31.3 Å². The Morgan fingerprint density at radius 3 is 2.82 bits per heavy atom. The van der Waals surface area contributed by atoms with Gasteiger partial charge < -0.3 is 9.64 Å². The fraction of sp³-hybridized carbons (Fsp3) is 0.333. The summed E-state index contributed by atoms with van der Waals surface area (Å²) in [5.41, 5.74) is 3.92. The molecule has 2 aromatic rings. The van der Waals surface area contributed by atoms with Gasteiger partial charge in [0.15, 0.2) is 5.17 Å². The lowest BCUT2D eigenvalue weighted by molar-refractivity contribution is -0.113. The van der Waals surface area contributed by atoms with Crippen LogP contribution in [0.3, 0.4) is 0 Å². The van der Waals surface area contributed by atoms with Crippen molar-refractivity contribution >= 4 is 28.4 Å². The Bertz CT molecular complexity index is 994. The van der Waals surface area contributed by atoms with E-state index in [1.54, 1.807) is 12.4 Å². The summed E-state index contributed by atoms with van der Waals surface area (Å²) in [7, 11) is 0. The predicted octanol–water partition coefficient (Wildman–Crippen LogP) is 3.36. The van der Waals surface area contributed by atoms with Crippen LogP contribution < -0.4 is 0 Å². The van der Waals surface area contributed by atoms with Crippen LogP contribution in [0.15, 0.2) is 52.8 Å². The Morgan fingerprint density at radius 2 is 2.04 bits per heavy atom. The molecule has 3 aliphatic rings. The number of aliphatic imine (C=N–C) groups is 1. The molecule has 1 amide bonds. The van der Waals surface area contributed by atoms with Gasteiger partial charge in [-0.15, -0.1) is 0 Å². The summed E-state index contributed by atoms with van der Waals surface area (Å²) in [5.74, 6) is -0.159. The zero-order valence-electron chi connectivity index (χ0n) is 15.6. The lowest BCUT2D eigenvalue weighted by Gasteiger charge is -2.39. The number of fused-ring (bicyclic) bond motifs is 2. The third-order valence-corrected chi connectivity index (χ3v) is 6.94. The van der Waals surface area contributed by atoms with E-state index in [-0.39, 0.29) is 11.5 Å². The van der Waals surface area contributed by atoms with Crippen molar-refractivity contribution in [3.05, 3.63) is 64.6 Å². The molecule has 1 fully saturated rings. The summed E-state index contributed by atoms with van der Waals surface area (Å²) >= 11 is 1.47. The summed E-state index contributed by atoms with van der Waals surface area (Å²) in [6, 6.07) is 7.96. The largest absolute Gasteiger partial charge is 0.364 e. The van der Waals surface area contributed by atoms with Gasteiger partial charge in [-0.3, -0.25) is 14.8 Å². The molecule has 0 unspecified atom stereocenters. The van der Waals surface area contributed by atoms with Crippen LogP contribution in [0.4, 0.5) is 0 Å². The average molecular weight is 392 g/mol. The lowest BCUT2D eigenvalue weighted by atomic mass is 9.85. The quantitative estimate of drug-likeness (QED) is 0.694. The Hall–Kier alpha value is -2.51. The summed E-state index contributed by atoms with van der Waals surface area (Å²) in [6.45, 7) is 4.16. The molecule has 7 heteroatoms. The molecule has 2 aromatic heterocycles. The first-order chi connectivity index (χ1) is 13.7. The first-order valence-corrected chi connectivity index (χ1v) is 10.2. The van der Waals surface area contributed by atoms with E-state index in [4.69, 9.17) is 4.74 Å². The van der Waals surface area contributed by atoms with Gasteiger partial charge in [-0.1, -0.05) is 12.1 Å². The minimum Gasteiger partial charge on any atom is -0.364 e. The van der Waals surface area contributed by atoms with Gasteiger partial charge in [-0.25, -0.2) is 0 Å². The Labute approximate surface area is 167 Å². The second kappa shape index (κ2) is 6.83. The molecule has 3 aliphatic heterocycles. The molecule has 0 radical (unpaired) electrons. The molecule has 0 atom stereocenters. The van der Waals surface area contributed by atoms with E-state index in [2.05, 4.69) is 25.9 Å². The van der Waals surface area contributed by atoms with Crippen molar-refractivity contribution in [2.45, 2.75) is 32.0 Å². The smallest absolute Gasteiger partial charge is 0.286 e. The number of carbonyl (C=O) groups is 1. The Balaban J connectivity index is 1.32. The first-order valence-electron chi connectivity index (χ1n) is 9.42. The molecule has 1 saturated heterocycles. The fourth-order valence-electron chi connectivity index (χ4n) is 4.11. The Morgan fingerprint density at radius 1 is 1.21 bits per heavy atom. The maximum absolute atomic E-state index is 12.5. The van der Waals surface area contributed by atoms with E-state index < -0.39 is 0 Å². The maximum atomic E-state index is 12.5. The summed E-state index contributed by atoms with van der Waals surface area (Å²) < 4.78 is 6.18. The number of amides is 1. The number of likely N-dealkylation sites (tertiary alicyclic amines) is 1. The van der Waals surface area contributed by atoms with Gasteiger partial charge in [0.05, 0.1) is 22.8 Å². The van der Waals surface area contributed by atoms with Crippen LogP contribution in [-0.2, 0) is 21.7 Å². The van der Waals surface area contributed by atoms with Gasteiger partial charge >= 0.3 is 0 Å². The molecule has 0 bridgehead atoms. The molecule has 5 rings (SSSR count). The summed E-state index contributed by atoms with van der Waals surface area (Å²) in [5, 5.41) is 0.794. The van der Waals surface area contributed by atoms with Gasteiger partial charge in [-0.2, -0.15) is 4.99 Å². The van der Waals surface area contributed by atoms with Crippen molar-refractivity contribution in [2.75, 3.05) is 13.1 Å². The second-order valence-corrected chi connectivity index (χ2v) is 8.24. The van der Waals surface area contributed by atoms with Crippen molar-refractivity contribution in [3.63, 3.8) is 0 Å². The minimum atomic E-state index is -0.238. The van der Waals surface area contributed by atoms with Crippen LogP contribution in [0.5, 0.6) is 0 Å². The van der Waals surface area contributed by atoms with Crippen LogP contribution >= 0.6 is 11.8 Å². The monoisotopic (exact) mass is 392 g/mol. The highest BCUT2D eigenvalue weighted by Gasteiger charge is 2.44. The minimum absolute atomic E-state index is 0.159. The van der Waals surface area contributed by atoms with E-state index >= 15 is 0 Å². The normalized spacial score (nSPS) is 22.4. The topological polar surface area (TPSA) is 67.7 Å². The number of rotatable bonds is 1. The standard InChI is InChI=1S/C21H20N4O2S/c1-14(15-4-2-8-22-12-15)18-19(26)24-20(28-18)25-10-6-21(7-11-25)16-5-3-9-23-17(16)13-27-21/h2-5,8-9,12H,6-7,10-11,13H2,1H3/b18-14-. The molecule has 0 saturated carbocycles. The SMILES string of the molecule is C/C(=C1/SC(N2CCC3(CC2)OCc2ncccc23)=NC1=O)c1cccnc1. The van der Waals surface area contributed by atoms with E-state index in [0.717, 1.165) is 47.9 Å². The molecule has 6 nitrogen and oxygen atoms in total. The highest BCUT2D eigenvalue weighted by Crippen LogP contribution is 2.44. The van der Waals surface area contributed by atoms with Crippen LogP contribution in [0.2, 0.25) is 0 Å². The first kappa shape index (κ1) is 17.6. The molecular formula is C21H20N4O2S. The van der Waals surface area contributed by atoms with Crippen molar-refractivity contribution in [2.24, 2.45) is 4.99 Å². The number of hydrogen-bond acceptors (Lipinski definition) is 6. The Kier molecular flexibility index (Phi) is 4.29. The van der Waals surface area contributed by atoms with Crippen molar-refractivity contribution in [3.8, 4) is 0 Å². The summed E-state index contributed by atoms with van der Waals surface area (Å²) in [6.07, 6.45) is 7.08. The third-order valence-electron chi connectivity index (χ3n) is 5.73. The number of ether oxygens (including phenoxy) is 1. The molecular weight excluding hydrogens is 372 g/mol. The van der Waals surface area contributed by atoms with Crippen LogP contribution in [0, 0.1) is 0 Å². The molecule has 28 heavy (non-hydrogen) atoms. The van der Waals surface area contributed by atoms with Gasteiger partial charge in [0.2, 0.25) is 0 Å². The number of thioether (sulfide) groups is 1. The molecule has 0 aliphatic carbocycles. The molecule has 142 valence electrons.